The van der Waals surface area contributed by atoms with E-state index in [1.54, 1.807) is 38.2 Å². The standard InChI is InChI=1S/C34H38N4O6S/c1-35-34(40)29-6-3-4-7-31(29)45-27-11-12-28-26(22-27)24-36-30(28)13-9-25-10-14-32(37-23-25)38-33(39)8-5-15-42-18-19-44-21-20-43-17-16-41-2/h3-4,6-7,10-12,14,22-23H,5,8,15-21,24H2,1-2H3,(H,35,40)(H,37,38,39). The number of rotatable bonds is 17. The topological polar surface area (TPSA) is 120 Å². The molecule has 0 bridgehead atoms. The Bertz CT molecular complexity index is 1520. The highest BCUT2D eigenvalue weighted by Gasteiger charge is 2.16. The van der Waals surface area contributed by atoms with Gasteiger partial charge in [-0.3, -0.25) is 14.6 Å². The Morgan fingerprint density at radius 2 is 1.67 bits per heavy atom. The Morgan fingerprint density at radius 1 is 0.911 bits per heavy atom. The lowest BCUT2D eigenvalue weighted by molar-refractivity contribution is -0.116. The van der Waals surface area contributed by atoms with Crippen molar-refractivity contribution in [1.29, 1.82) is 0 Å². The molecule has 2 heterocycles. The molecule has 3 aromatic rings. The number of pyridine rings is 1. The van der Waals surface area contributed by atoms with Crippen LogP contribution in [0.15, 0.2) is 75.6 Å². The van der Waals surface area contributed by atoms with Crippen LogP contribution in [0.3, 0.4) is 0 Å². The first-order valence-corrected chi connectivity index (χ1v) is 15.6. The highest BCUT2D eigenvalue weighted by atomic mass is 32.2. The maximum absolute atomic E-state index is 12.3. The number of amides is 2. The smallest absolute Gasteiger partial charge is 0.252 e. The third-order valence-electron chi connectivity index (χ3n) is 6.55. The van der Waals surface area contributed by atoms with E-state index in [4.69, 9.17) is 18.9 Å². The van der Waals surface area contributed by atoms with Crippen LogP contribution in [0.5, 0.6) is 0 Å². The summed E-state index contributed by atoms with van der Waals surface area (Å²) in [5.41, 5.74) is 4.19. The molecular weight excluding hydrogens is 592 g/mol. The summed E-state index contributed by atoms with van der Waals surface area (Å²) in [4.78, 5) is 35.4. The molecule has 0 fully saturated rings. The van der Waals surface area contributed by atoms with Gasteiger partial charge in [0.2, 0.25) is 5.91 Å². The van der Waals surface area contributed by atoms with E-state index in [0.717, 1.165) is 32.2 Å². The molecule has 2 aromatic carbocycles. The lowest BCUT2D eigenvalue weighted by atomic mass is 10.1. The Labute approximate surface area is 268 Å². The van der Waals surface area contributed by atoms with Gasteiger partial charge in [-0.05, 0) is 54.3 Å². The fourth-order valence-electron chi connectivity index (χ4n) is 4.25. The van der Waals surface area contributed by atoms with Crippen molar-refractivity contribution in [1.82, 2.24) is 10.3 Å². The molecule has 236 valence electrons. The number of hydrogen-bond acceptors (Lipinski definition) is 9. The van der Waals surface area contributed by atoms with Crippen molar-refractivity contribution in [3.8, 4) is 11.8 Å². The molecule has 0 spiro atoms. The second-order valence-corrected chi connectivity index (χ2v) is 10.9. The van der Waals surface area contributed by atoms with Gasteiger partial charge in [0.1, 0.15) is 11.5 Å². The summed E-state index contributed by atoms with van der Waals surface area (Å²) in [7, 11) is 3.26. The first-order chi connectivity index (χ1) is 22.1. The highest BCUT2D eigenvalue weighted by Crippen LogP contribution is 2.33. The molecule has 1 aliphatic heterocycles. The van der Waals surface area contributed by atoms with Crippen molar-refractivity contribution < 1.29 is 28.5 Å². The summed E-state index contributed by atoms with van der Waals surface area (Å²) >= 11 is 1.55. The van der Waals surface area contributed by atoms with Crippen molar-refractivity contribution in [2.45, 2.75) is 29.2 Å². The molecule has 11 heteroatoms. The second-order valence-electron chi connectivity index (χ2n) is 9.82. The lowest BCUT2D eigenvalue weighted by Crippen LogP contribution is -2.18. The van der Waals surface area contributed by atoms with Gasteiger partial charge in [-0.1, -0.05) is 35.9 Å². The molecule has 2 amide bonds. The van der Waals surface area contributed by atoms with Crippen molar-refractivity contribution >= 4 is 35.1 Å². The molecule has 0 unspecified atom stereocenters. The number of carbonyl (C=O) groups excluding carboxylic acids is 2. The maximum Gasteiger partial charge on any atom is 0.252 e. The van der Waals surface area contributed by atoms with Crippen molar-refractivity contribution in [2.24, 2.45) is 4.99 Å². The van der Waals surface area contributed by atoms with Gasteiger partial charge in [0, 0.05) is 54.3 Å². The molecular formula is C34H38N4O6S. The second kappa shape index (κ2) is 18.7. The predicted octanol–water partition coefficient (Wildman–Crippen LogP) is 4.36. The van der Waals surface area contributed by atoms with Gasteiger partial charge in [-0.15, -0.1) is 0 Å². The molecule has 10 nitrogen and oxygen atoms in total. The maximum atomic E-state index is 12.3. The summed E-state index contributed by atoms with van der Waals surface area (Å²) in [5, 5.41) is 5.50. The van der Waals surface area contributed by atoms with Crippen molar-refractivity contribution in [3.63, 3.8) is 0 Å². The Morgan fingerprint density at radius 3 is 2.40 bits per heavy atom. The Hall–Kier alpha value is -4.05. The van der Waals surface area contributed by atoms with Crippen LogP contribution in [0.4, 0.5) is 5.82 Å². The van der Waals surface area contributed by atoms with E-state index in [2.05, 4.69) is 38.5 Å². The molecule has 1 aliphatic rings. The summed E-state index contributed by atoms with van der Waals surface area (Å²) in [6.07, 6.45) is 2.56. The number of aliphatic imine (C=N–C) groups is 1. The number of aromatic nitrogens is 1. The number of nitrogens with one attached hydrogen (secondary N) is 2. The van der Waals surface area contributed by atoms with Gasteiger partial charge in [0.15, 0.2) is 0 Å². The summed E-state index contributed by atoms with van der Waals surface area (Å²) < 4.78 is 21.1. The van der Waals surface area contributed by atoms with E-state index in [0.29, 0.717) is 77.0 Å². The number of methoxy groups -OCH3 is 1. The van der Waals surface area contributed by atoms with Gasteiger partial charge >= 0.3 is 0 Å². The lowest BCUT2D eigenvalue weighted by Gasteiger charge is -2.09. The van der Waals surface area contributed by atoms with Crippen LogP contribution >= 0.6 is 11.8 Å². The number of nitrogens with zero attached hydrogens (tertiary/aromatic N) is 2. The van der Waals surface area contributed by atoms with Crippen LogP contribution in [-0.4, -0.2) is 82.9 Å². The minimum atomic E-state index is -0.124. The summed E-state index contributed by atoms with van der Waals surface area (Å²) in [6, 6.07) is 17.3. The van der Waals surface area contributed by atoms with Gasteiger partial charge < -0.3 is 29.6 Å². The van der Waals surface area contributed by atoms with Crippen LogP contribution in [-0.2, 0) is 30.3 Å². The van der Waals surface area contributed by atoms with Crippen molar-refractivity contribution in [2.75, 3.05) is 65.7 Å². The Kier molecular flexibility index (Phi) is 14.1. The van der Waals surface area contributed by atoms with E-state index < -0.39 is 0 Å². The zero-order chi connectivity index (χ0) is 31.7. The van der Waals surface area contributed by atoms with Gasteiger partial charge in [0.25, 0.3) is 5.91 Å². The van der Waals surface area contributed by atoms with E-state index >= 15 is 0 Å². The molecule has 0 radical (unpaired) electrons. The first-order valence-electron chi connectivity index (χ1n) is 14.7. The van der Waals surface area contributed by atoms with E-state index in [9.17, 15) is 9.59 Å². The van der Waals surface area contributed by atoms with E-state index in [-0.39, 0.29) is 11.8 Å². The van der Waals surface area contributed by atoms with Crippen LogP contribution in [0.1, 0.15) is 39.9 Å². The summed E-state index contributed by atoms with van der Waals surface area (Å²) in [5.74, 6) is 6.52. The number of anilines is 1. The number of benzene rings is 2. The fraction of sp³-hybridized carbons (Fsp3) is 0.353. The number of fused-ring (bicyclic) bond motifs is 1. The molecule has 0 saturated carbocycles. The zero-order valence-electron chi connectivity index (χ0n) is 25.6. The van der Waals surface area contributed by atoms with Crippen LogP contribution in [0.25, 0.3) is 0 Å². The highest BCUT2D eigenvalue weighted by molar-refractivity contribution is 7.99. The molecule has 4 rings (SSSR count). The van der Waals surface area contributed by atoms with Crippen LogP contribution < -0.4 is 10.6 Å². The summed E-state index contributed by atoms with van der Waals surface area (Å²) in [6.45, 7) is 4.14. The average molecular weight is 631 g/mol. The quantitative estimate of drug-likeness (QED) is 0.167. The normalized spacial score (nSPS) is 11.7. The van der Waals surface area contributed by atoms with Gasteiger partial charge in [0.05, 0.1) is 51.7 Å². The molecule has 2 N–H and O–H groups in total. The van der Waals surface area contributed by atoms with Crippen LogP contribution in [0, 0.1) is 11.8 Å². The monoisotopic (exact) mass is 630 g/mol. The largest absolute Gasteiger partial charge is 0.382 e. The number of carbonyl (C=O) groups is 2. The zero-order valence-corrected chi connectivity index (χ0v) is 26.4. The van der Waals surface area contributed by atoms with Crippen molar-refractivity contribution in [3.05, 3.63) is 83.0 Å². The predicted molar refractivity (Wildman–Crippen MR) is 174 cm³/mol. The number of ether oxygens (including phenoxy) is 4. The molecule has 1 aromatic heterocycles. The fourth-order valence-corrected chi connectivity index (χ4v) is 5.26. The number of hydrogen-bond donors (Lipinski definition) is 2. The minimum absolute atomic E-state index is 0.110. The SMILES string of the molecule is CNC(=O)c1ccccc1Sc1ccc2c(c1)CN=C2C#Cc1ccc(NC(=O)CCCOCCOCCOCCOC)nc1. The third kappa shape index (κ3) is 11.1. The van der Waals surface area contributed by atoms with E-state index in [1.807, 2.05) is 42.5 Å². The van der Waals surface area contributed by atoms with Gasteiger partial charge in [-0.25, -0.2) is 4.98 Å². The first kappa shape index (κ1) is 33.8. The third-order valence-corrected chi connectivity index (χ3v) is 7.62. The van der Waals surface area contributed by atoms with Gasteiger partial charge in [-0.2, -0.15) is 0 Å². The average Bonchev–Trinajstić information content (AvgIpc) is 3.47. The van der Waals surface area contributed by atoms with Crippen LogP contribution in [0.2, 0.25) is 0 Å². The van der Waals surface area contributed by atoms with E-state index in [1.165, 1.54) is 0 Å². The molecule has 0 atom stereocenters. The molecule has 0 saturated heterocycles. The Balaban J connectivity index is 1.17. The minimum Gasteiger partial charge on any atom is -0.382 e. The molecule has 0 aliphatic carbocycles. The molecule has 45 heavy (non-hydrogen) atoms.